The lowest BCUT2D eigenvalue weighted by molar-refractivity contribution is -0.385. The number of nitro groups is 1. The number of aliphatic hydroxyl groups is 1. The van der Waals surface area contributed by atoms with Crippen LogP contribution in [0.4, 0.5) is 5.69 Å². The Labute approximate surface area is 117 Å². The number of hydrogen-bond acceptors (Lipinski definition) is 6. The maximum atomic E-state index is 10.7. The smallest absolute Gasteiger partial charge is 0.270 e. The molecule has 7 heteroatoms. The monoisotopic (exact) mass is 285 g/mol. The molecule has 0 spiro atoms. The van der Waals surface area contributed by atoms with Crippen LogP contribution in [0.1, 0.15) is 18.6 Å². The normalized spacial score (nSPS) is 12.2. The molecule has 0 bridgehead atoms. The van der Waals surface area contributed by atoms with Crippen molar-refractivity contribution < 1.29 is 24.2 Å². The summed E-state index contributed by atoms with van der Waals surface area (Å²) in [5.74, 6) is 0.418. The molecule has 0 fully saturated rings. The lowest BCUT2D eigenvalue weighted by Gasteiger charge is -2.13. The van der Waals surface area contributed by atoms with Crippen LogP contribution in [0.5, 0.6) is 5.75 Å². The van der Waals surface area contributed by atoms with Crippen molar-refractivity contribution in [3.63, 3.8) is 0 Å². The highest BCUT2D eigenvalue weighted by Gasteiger charge is 2.15. The van der Waals surface area contributed by atoms with Gasteiger partial charge in [-0.05, 0) is 13.0 Å². The maximum absolute atomic E-state index is 10.7. The highest BCUT2D eigenvalue weighted by molar-refractivity contribution is 5.44. The molecule has 20 heavy (non-hydrogen) atoms. The minimum absolute atomic E-state index is 0.0791. The molecule has 0 unspecified atom stereocenters. The number of rotatable bonds is 9. The summed E-state index contributed by atoms with van der Waals surface area (Å²) >= 11 is 0. The van der Waals surface area contributed by atoms with Crippen molar-refractivity contribution in [2.45, 2.75) is 13.0 Å². The third kappa shape index (κ3) is 5.12. The molecule has 0 saturated carbocycles. The van der Waals surface area contributed by atoms with Crippen molar-refractivity contribution >= 4 is 5.69 Å². The first-order valence-corrected chi connectivity index (χ1v) is 6.22. The van der Waals surface area contributed by atoms with Crippen molar-refractivity contribution in [1.82, 2.24) is 0 Å². The van der Waals surface area contributed by atoms with Gasteiger partial charge in [0.25, 0.3) is 5.69 Å². The maximum Gasteiger partial charge on any atom is 0.270 e. The Morgan fingerprint density at radius 1 is 1.30 bits per heavy atom. The van der Waals surface area contributed by atoms with Crippen LogP contribution in [-0.4, -0.2) is 43.6 Å². The van der Waals surface area contributed by atoms with Crippen molar-refractivity contribution in [1.29, 1.82) is 0 Å². The summed E-state index contributed by atoms with van der Waals surface area (Å²) in [6.07, 6.45) is -0.848. The minimum Gasteiger partial charge on any atom is -0.491 e. The van der Waals surface area contributed by atoms with E-state index in [-0.39, 0.29) is 5.69 Å². The van der Waals surface area contributed by atoms with Crippen LogP contribution in [0.3, 0.4) is 0 Å². The zero-order valence-corrected chi connectivity index (χ0v) is 11.6. The topological polar surface area (TPSA) is 91.1 Å². The molecule has 0 amide bonds. The largest absolute Gasteiger partial charge is 0.491 e. The molecule has 0 radical (unpaired) electrons. The first-order valence-electron chi connectivity index (χ1n) is 6.22. The number of ether oxygens (including phenoxy) is 3. The Hall–Kier alpha value is -1.70. The number of hydrogen-bond donors (Lipinski definition) is 1. The lowest BCUT2D eigenvalue weighted by Crippen LogP contribution is -2.11. The van der Waals surface area contributed by atoms with Crippen LogP contribution in [0.2, 0.25) is 0 Å². The zero-order chi connectivity index (χ0) is 15.0. The van der Waals surface area contributed by atoms with Gasteiger partial charge in [-0.2, -0.15) is 0 Å². The molecule has 1 rings (SSSR count). The molecule has 7 nitrogen and oxygen atoms in total. The van der Waals surface area contributed by atoms with E-state index >= 15 is 0 Å². The number of methoxy groups -OCH3 is 1. The second kappa shape index (κ2) is 8.47. The highest BCUT2D eigenvalue weighted by atomic mass is 16.6. The zero-order valence-electron chi connectivity index (χ0n) is 11.6. The first-order chi connectivity index (χ1) is 9.56. The van der Waals surface area contributed by atoms with Crippen LogP contribution in [0.25, 0.3) is 0 Å². The van der Waals surface area contributed by atoms with Gasteiger partial charge in [-0.3, -0.25) is 10.1 Å². The van der Waals surface area contributed by atoms with Gasteiger partial charge in [0.15, 0.2) is 0 Å². The SMILES string of the molecule is COCCOCCOc1ccc([N+](=O)[O-])cc1[C@@H](C)O. The summed E-state index contributed by atoms with van der Waals surface area (Å²) in [5, 5.41) is 20.3. The van der Waals surface area contributed by atoms with Crippen molar-refractivity contribution in [3.8, 4) is 5.75 Å². The van der Waals surface area contributed by atoms with Crippen molar-refractivity contribution in [2.75, 3.05) is 33.5 Å². The van der Waals surface area contributed by atoms with Crippen LogP contribution >= 0.6 is 0 Å². The Bertz CT molecular complexity index is 435. The molecular weight excluding hydrogens is 266 g/mol. The summed E-state index contributed by atoms with van der Waals surface area (Å²) in [4.78, 5) is 10.2. The molecule has 0 saturated heterocycles. The Balaban J connectivity index is 2.58. The van der Waals surface area contributed by atoms with Gasteiger partial charge < -0.3 is 19.3 Å². The fraction of sp³-hybridized carbons (Fsp3) is 0.538. The minimum atomic E-state index is -0.848. The first kappa shape index (κ1) is 16.4. The van der Waals surface area contributed by atoms with Crippen molar-refractivity contribution in [3.05, 3.63) is 33.9 Å². The Morgan fingerprint density at radius 2 is 2.00 bits per heavy atom. The van der Waals surface area contributed by atoms with Gasteiger partial charge in [0, 0.05) is 24.8 Å². The van der Waals surface area contributed by atoms with E-state index in [1.54, 1.807) is 7.11 Å². The van der Waals surface area contributed by atoms with Gasteiger partial charge in [-0.1, -0.05) is 0 Å². The van der Waals surface area contributed by atoms with Crippen LogP contribution in [0.15, 0.2) is 18.2 Å². The average Bonchev–Trinajstić information content (AvgIpc) is 2.42. The summed E-state index contributed by atoms with van der Waals surface area (Å²) in [6, 6.07) is 4.13. The summed E-state index contributed by atoms with van der Waals surface area (Å²) in [5.41, 5.74) is 0.306. The molecule has 0 aromatic heterocycles. The van der Waals surface area contributed by atoms with Gasteiger partial charge in [0.05, 0.1) is 30.8 Å². The standard InChI is InChI=1S/C13H19NO6/c1-10(15)12-9-11(14(16)17)3-4-13(12)20-8-7-19-6-5-18-2/h3-4,9-10,15H,5-8H2,1-2H3/t10-/m1/s1. The molecule has 112 valence electrons. The molecule has 1 aromatic rings. The van der Waals surface area contributed by atoms with E-state index in [0.717, 1.165) is 0 Å². The number of aliphatic hydroxyl groups excluding tert-OH is 1. The molecule has 0 heterocycles. The predicted molar refractivity (Wildman–Crippen MR) is 71.9 cm³/mol. The quantitative estimate of drug-likeness (QED) is 0.422. The van der Waals surface area contributed by atoms with E-state index < -0.39 is 11.0 Å². The Kier molecular flexibility index (Phi) is 6.92. The molecule has 1 aromatic carbocycles. The molecule has 0 aliphatic carbocycles. The van der Waals surface area contributed by atoms with Crippen molar-refractivity contribution in [2.24, 2.45) is 0 Å². The molecule has 1 N–H and O–H groups in total. The molecule has 0 aliphatic rings. The third-order valence-corrected chi connectivity index (χ3v) is 2.57. The Morgan fingerprint density at radius 3 is 2.60 bits per heavy atom. The van der Waals surface area contributed by atoms with E-state index in [9.17, 15) is 15.2 Å². The number of non-ortho nitro benzene ring substituents is 1. The van der Waals surface area contributed by atoms with E-state index in [2.05, 4.69) is 0 Å². The molecular formula is C13H19NO6. The van der Waals surface area contributed by atoms with E-state index in [1.165, 1.54) is 25.1 Å². The molecule has 0 aliphatic heterocycles. The summed E-state index contributed by atoms with van der Waals surface area (Å²) in [7, 11) is 1.59. The summed E-state index contributed by atoms with van der Waals surface area (Å²) in [6.45, 7) is 3.18. The van der Waals surface area contributed by atoms with Crippen LogP contribution < -0.4 is 4.74 Å². The predicted octanol–water partition coefficient (Wildman–Crippen LogP) is 1.69. The average molecular weight is 285 g/mol. The fourth-order valence-corrected chi connectivity index (χ4v) is 1.56. The third-order valence-electron chi connectivity index (χ3n) is 2.57. The van der Waals surface area contributed by atoms with Gasteiger partial charge in [-0.15, -0.1) is 0 Å². The fourth-order valence-electron chi connectivity index (χ4n) is 1.56. The van der Waals surface area contributed by atoms with Crippen LogP contribution in [0, 0.1) is 10.1 Å². The van der Waals surface area contributed by atoms with Gasteiger partial charge in [0.1, 0.15) is 12.4 Å². The number of benzene rings is 1. The van der Waals surface area contributed by atoms with Gasteiger partial charge in [0.2, 0.25) is 0 Å². The second-order valence-electron chi connectivity index (χ2n) is 4.11. The van der Waals surface area contributed by atoms with Gasteiger partial charge >= 0.3 is 0 Å². The number of nitrogens with zero attached hydrogens (tertiary/aromatic N) is 1. The van der Waals surface area contributed by atoms with Crippen LogP contribution in [-0.2, 0) is 9.47 Å². The number of nitro benzene ring substituents is 1. The van der Waals surface area contributed by atoms with Gasteiger partial charge in [-0.25, -0.2) is 0 Å². The van der Waals surface area contributed by atoms with E-state index in [0.29, 0.717) is 37.7 Å². The van der Waals surface area contributed by atoms with E-state index in [1.807, 2.05) is 0 Å². The molecule has 1 atom stereocenters. The second-order valence-corrected chi connectivity index (χ2v) is 4.11. The highest BCUT2D eigenvalue weighted by Crippen LogP contribution is 2.29. The lowest BCUT2D eigenvalue weighted by atomic mass is 10.1. The summed E-state index contributed by atoms with van der Waals surface area (Å²) < 4.78 is 15.5. The van der Waals surface area contributed by atoms with E-state index in [4.69, 9.17) is 14.2 Å².